The van der Waals surface area contributed by atoms with Crippen LogP contribution >= 0.6 is 11.8 Å². The molecule has 0 aliphatic carbocycles. The number of anilines is 1. The molecule has 78 valence electrons. The SMILES string of the molecule is CSc1nc(N)nc(-c2cn[nH]c2C)n1. The van der Waals surface area contributed by atoms with Crippen molar-refractivity contribution in [2.75, 3.05) is 12.0 Å². The van der Waals surface area contributed by atoms with Gasteiger partial charge in [-0.1, -0.05) is 11.8 Å². The average Bonchev–Trinajstić information content (AvgIpc) is 2.63. The van der Waals surface area contributed by atoms with E-state index in [4.69, 9.17) is 5.73 Å². The van der Waals surface area contributed by atoms with Crippen LogP contribution in [0.4, 0.5) is 5.95 Å². The van der Waals surface area contributed by atoms with Gasteiger partial charge < -0.3 is 5.73 Å². The second-order valence-corrected chi connectivity index (χ2v) is 3.69. The molecule has 0 fully saturated rings. The Hall–Kier alpha value is -1.63. The summed E-state index contributed by atoms with van der Waals surface area (Å²) in [5, 5.41) is 7.35. The first-order chi connectivity index (χ1) is 7.20. The molecule has 0 saturated carbocycles. The van der Waals surface area contributed by atoms with E-state index in [0.29, 0.717) is 11.0 Å². The van der Waals surface area contributed by atoms with E-state index in [9.17, 15) is 0 Å². The molecular weight excluding hydrogens is 212 g/mol. The Balaban J connectivity index is 2.53. The Labute approximate surface area is 90.7 Å². The number of nitrogens with one attached hydrogen (secondary N) is 1. The Kier molecular flexibility index (Phi) is 2.55. The molecule has 0 aromatic carbocycles. The van der Waals surface area contributed by atoms with Gasteiger partial charge in [0.2, 0.25) is 5.95 Å². The van der Waals surface area contributed by atoms with Crippen LogP contribution in [0.1, 0.15) is 5.69 Å². The van der Waals surface area contributed by atoms with Crippen molar-refractivity contribution in [2.45, 2.75) is 12.1 Å². The molecule has 2 aromatic rings. The van der Waals surface area contributed by atoms with Crippen LogP contribution in [-0.4, -0.2) is 31.4 Å². The van der Waals surface area contributed by atoms with Crippen molar-refractivity contribution < 1.29 is 0 Å². The molecule has 2 heterocycles. The van der Waals surface area contributed by atoms with E-state index in [1.165, 1.54) is 11.8 Å². The van der Waals surface area contributed by atoms with E-state index in [0.717, 1.165) is 11.3 Å². The Bertz CT molecular complexity index is 480. The number of nitrogens with zero attached hydrogens (tertiary/aromatic N) is 4. The molecule has 7 heteroatoms. The highest BCUT2D eigenvalue weighted by Crippen LogP contribution is 2.19. The number of nitrogens with two attached hydrogens (primary N) is 1. The third-order valence-corrected chi connectivity index (χ3v) is 2.43. The van der Waals surface area contributed by atoms with Crippen LogP contribution in [0.15, 0.2) is 11.4 Å². The first kappa shape index (κ1) is 9.91. The van der Waals surface area contributed by atoms with Gasteiger partial charge in [-0.3, -0.25) is 5.10 Å². The highest BCUT2D eigenvalue weighted by Gasteiger charge is 2.09. The molecule has 15 heavy (non-hydrogen) atoms. The number of thioether (sulfide) groups is 1. The Morgan fingerprint density at radius 3 is 2.73 bits per heavy atom. The molecule has 0 aliphatic rings. The molecular formula is C8H10N6S. The summed E-state index contributed by atoms with van der Waals surface area (Å²) < 4.78 is 0. The summed E-state index contributed by atoms with van der Waals surface area (Å²) in [5.74, 6) is 0.781. The zero-order valence-corrected chi connectivity index (χ0v) is 9.17. The lowest BCUT2D eigenvalue weighted by molar-refractivity contribution is 0.926. The van der Waals surface area contributed by atoms with E-state index in [1.807, 2.05) is 13.2 Å². The fraction of sp³-hybridized carbons (Fsp3) is 0.250. The molecule has 3 N–H and O–H groups in total. The van der Waals surface area contributed by atoms with Gasteiger partial charge in [0, 0.05) is 5.69 Å². The first-order valence-electron chi connectivity index (χ1n) is 4.26. The standard InChI is InChI=1S/C8H10N6S/c1-4-5(3-10-14-4)6-11-7(9)13-8(12-6)15-2/h3H,1-2H3,(H,10,14)(H2,9,11,12,13). The quantitative estimate of drug-likeness (QED) is 0.732. The number of H-pyrrole nitrogens is 1. The van der Waals surface area contributed by atoms with Gasteiger partial charge in [-0.05, 0) is 13.2 Å². The molecule has 0 bridgehead atoms. The minimum atomic E-state index is 0.227. The molecule has 2 aromatic heterocycles. The summed E-state index contributed by atoms with van der Waals surface area (Å²) in [5.41, 5.74) is 7.34. The second-order valence-electron chi connectivity index (χ2n) is 2.91. The Morgan fingerprint density at radius 1 is 1.33 bits per heavy atom. The van der Waals surface area contributed by atoms with Crippen LogP contribution in [0.25, 0.3) is 11.4 Å². The lowest BCUT2D eigenvalue weighted by Crippen LogP contribution is -2.01. The Morgan fingerprint density at radius 2 is 2.13 bits per heavy atom. The van der Waals surface area contributed by atoms with E-state index < -0.39 is 0 Å². The van der Waals surface area contributed by atoms with Crippen molar-refractivity contribution in [1.82, 2.24) is 25.1 Å². The zero-order chi connectivity index (χ0) is 10.8. The van der Waals surface area contributed by atoms with E-state index in [-0.39, 0.29) is 5.95 Å². The maximum atomic E-state index is 5.58. The number of aromatic nitrogens is 5. The summed E-state index contributed by atoms with van der Waals surface area (Å²) in [6.45, 7) is 1.90. The first-order valence-corrected chi connectivity index (χ1v) is 5.49. The predicted octanol–water partition coefficient (Wildman–Crippen LogP) is 0.874. The van der Waals surface area contributed by atoms with Crippen molar-refractivity contribution in [3.63, 3.8) is 0 Å². The van der Waals surface area contributed by atoms with Gasteiger partial charge in [0.1, 0.15) is 0 Å². The molecule has 6 nitrogen and oxygen atoms in total. The van der Waals surface area contributed by atoms with Gasteiger partial charge in [0.05, 0.1) is 11.8 Å². The number of nitrogen functional groups attached to an aromatic ring is 1. The van der Waals surface area contributed by atoms with Gasteiger partial charge >= 0.3 is 0 Å². The fourth-order valence-corrected chi connectivity index (χ4v) is 1.52. The summed E-state index contributed by atoms with van der Waals surface area (Å²) in [6, 6.07) is 0. The number of rotatable bonds is 2. The second kappa shape index (κ2) is 3.85. The number of hydrogen-bond acceptors (Lipinski definition) is 6. The molecule has 0 aliphatic heterocycles. The van der Waals surface area contributed by atoms with Crippen LogP contribution in [-0.2, 0) is 0 Å². The van der Waals surface area contributed by atoms with Gasteiger partial charge in [-0.25, -0.2) is 4.98 Å². The zero-order valence-electron chi connectivity index (χ0n) is 8.35. The minimum absolute atomic E-state index is 0.227. The van der Waals surface area contributed by atoms with E-state index in [1.54, 1.807) is 6.20 Å². The molecule has 0 unspecified atom stereocenters. The number of hydrogen-bond donors (Lipinski definition) is 2. The number of aryl methyl sites for hydroxylation is 1. The molecule has 0 radical (unpaired) electrons. The van der Waals surface area contributed by atoms with Crippen molar-refractivity contribution in [2.24, 2.45) is 0 Å². The van der Waals surface area contributed by atoms with Crippen molar-refractivity contribution in [1.29, 1.82) is 0 Å². The third kappa shape index (κ3) is 1.91. The van der Waals surface area contributed by atoms with Gasteiger partial charge in [0.25, 0.3) is 0 Å². The van der Waals surface area contributed by atoms with Crippen LogP contribution < -0.4 is 5.73 Å². The highest BCUT2D eigenvalue weighted by molar-refractivity contribution is 7.98. The number of aromatic amines is 1. The summed E-state index contributed by atoms with van der Waals surface area (Å²) in [7, 11) is 0. The van der Waals surface area contributed by atoms with Gasteiger partial charge in [-0.2, -0.15) is 15.1 Å². The minimum Gasteiger partial charge on any atom is -0.368 e. The smallest absolute Gasteiger partial charge is 0.224 e. The summed E-state index contributed by atoms with van der Waals surface area (Å²) >= 11 is 1.43. The van der Waals surface area contributed by atoms with E-state index in [2.05, 4.69) is 25.1 Å². The van der Waals surface area contributed by atoms with Crippen LogP contribution in [0.3, 0.4) is 0 Å². The fourth-order valence-electron chi connectivity index (χ4n) is 1.16. The topological polar surface area (TPSA) is 93.4 Å². The lowest BCUT2D eigenvalue weighted by Gasteiger charge is -2.01. The van der Waals surface area contributed by atoms with Gasteiger partial charge in [-0.15, -0.1) is 0 Å². The summed E-state index contributed by atoms with van der Waals surface area (Å²) in [6.07, 6.45) is 3.56. The molecule has 0 saturated heterocycles. The van der Waals surface area contributed by atoms with Gasteiger partial charge in [0.15, 0.2) is 11.0 Å². The maximum absolute atomic E-state index is 5.58. The van der Waals surface area contributed by atoms with Crippen molar-refractivity contribution >= 4 is 17.7 Å². The van der Waals surface area contributed by atoms with Crippen molar-refractivity contribution in [3.8, 4) is 11.4 Å². The largest absolute Gasteiger partial charge is 0.368 e. The molecule has 0 amide bonds. The van der Waals surface area contributed by atoms with Crippen LogP contribution in [0, 0.1) is 6.92 Å². The molecule has 0 atom stereocenters. The normalized spacial score (nSPS) is 10.5. The average molecular weight is 222 g/mol. The van der Waals surface area contributed by atoms with Crippen molar-refractivity contribution in [3.05, 3.63) is 11.9 Å². The predicted molar refractivity (Wildman–Crippen MR) is 58.3 cm³/mol. The molecule has 0 spiro atoms. The maximum Gasteiger partial charge on any atom is 0.224 e. The lowest BCUT2D eigenvalue weighted by atomic mass is 10.2. The van der Waals surface area contributed by atoms with E-state index >= 15 is 0 Å². The monoisotopic (exact) mass is 222 g/mol. The molecule has 2 rings (SSSR count). The summed E-state index contributed by atoms with van der Waals surface area (Å²) in [4.78, 5) is 12.3. The highest BCUT2D eigenvalue weighted by atomic mass is 32.2. The third-order valence-electron chi connectivity index (χ3n) is 1.89. The van der Waals surface area contributed by atoms with Crippen LogP contribution in [0.2, 0.25) is 0 Å². The van der Waals surface area contributed by atoms with Crippen LogP contribution in [0.5, 0.6) is 0 Å².